The van der Waals surface area contributed by atoms with Crippen LogP contribution in [0.15, 0.2) is 33.9 Å². The molecule has 1 fully saturated rings. The molecule has 1 aliphatic heterocycles. The average Bonchev–Trinajstić information content (AvgIpc) is 2.85. The Morgan fingerprint density at radius 3 is 2.44 bits per heavy atom. The van der Waals surface area contributed by atoms with Crippen LogP contribution in [0.3, 0.4) is 0 Å². The number of carbonyl (C=O) groups is 1. The molecule has 0 N–H and O–H groups in total. The third kappa shape index (κ3) is 4.18. The molecular weight excluding hydrogens is 434 g/mol. The number of methoxy groups -OCH3 is 1. The number of piperazine rings is 1. The first-order valence-corrected chi connectivity index (χ1v) is 11.5. The molecular formula is C25H31N5O4. The van der Waals surface area contributed by atoms with Crippen molar-refractivity contribution in [3.05, 3.63) is 61.9 Å². The summed E-state index contributed by atoms with van der Waals surface area (Å²) < 4.78 is 7.81. The van der Waals surface area contributed by atoms with Crippen molar-refractivity contribution in [1.82, 2.24) is 19.0 Å². The summed E-state index contributed by atoms with van der Waals surface area (Å²) >= 11 is 0. The predicted octanol–water partition coefficient (Wildman–Crippen LogP) is 1.54. The molecule has 0 unspecified atom stereocenters. The van der Waals surface area contributed by atoms with Gasteiger partial charge in [0.2, 0.25) is 5.91 Å². The van der Waals surface area contributed by atoms with E-state index in [0.717, 1.165) is 45.9 Å². The molecule has 0 aliphatic carbocycles. The van der Waals surface area contributed by atoms with E-state index in [-0.39, 0.29) is 11.5 Å². The summed E-state index contributed by atoms with van der Waals surface area (Å²) in [5, 5.41) is 0.435. The maximum atomic E-state index is 13.0. The zero-order valence-corrected chi connectivity index (χ0v) is 20.4. The minimum Gasteiger partial charge on any atom is -0.497 e. The summed E-state index contributed by atoms with van der Waals surface area (Å²) in [5.41, 5.74) is 3.14. The summed E-state index contributed by atoms with van der Waals surface area (Å²) in [6.07, 6.45) is 0.849. The Hall–Kier alpha value is -3.62. The van der Waals surface area contributed by atoms with E-state index in [0.29, 0.717) is 37.0 Å². The molecule has 0 bridgehead atoms. The molecule has 0 saturated carbocycles. The van der Waals surface area contributed by atoms with E-state index in [1.54, 1.807) is 14.2 Å². The number of rotatable bonds is 5. The number of carbonyl (C=O) groups excluding carboxylic acids is 1. The second-order valence-corrected chi connectivity index (χ2v) is 8.77. The third-order valence-electron chi connectivity index (χ3n) is 6.81. The highest BCUT2D eigenvalue weighted by atomic mass is 16.5. The van der Waals surface area contributed by atoms with Gasteiger partial charge in [-0.2, -0.15) is 0 Å². The molecule has 3 aromatic rings. The van der Waals surface area contributed by atoms with Crippen molar-refractivity contribution in [3.8, 4) is 5.75 Å². The number of anilines is 1. The van der Waals surface area contributed by atoms with Crippen LogP contribution >= 0.6 is 0 Å². The molecule has 9 heteroatoms. The van der Waals surface area contributed by atoms with E-state index in [4.69, 9.17) is 4.74 Å². The monoisotopic (exact) mass is 465 g/mol. The summed E-state index contributed by atoms with van der Waals surface area (Å²) in [4.78, 5) is 46.7. The molecule has 3 heterocycles. The topological polar surface area (TPSA) is 89.7 Å². The van der Waals surface area contributed by atoms with Gasteiger partial charge < -0.3 is 14.5 Å². The second-order valence-electron chi connectivity index (χ2n) is 8.77. The number of benzene rings is 1. The molecule has 1 amide bonds. The first-order valence-electron chi connectivity index (χ1n) is 11.5. The van der Waals surface area contributed by atoms with Gasteiger partial charge in [0, 0.05) is 64.1 Å². The number of ether oxygens (including phenoxy) is 1. The molecule has 0 atom stereocenters. The van der Waals surface area contributed by atoms with Crippen LogP contribution in [0.1, 0.15) is 23.2 Å². The standard InChI is InChI=1S/C25H31N5O4/c1-16-20(17(2)26-23-22(16)24(32)28(4)25(33)27(23)3)9-10-21(31)30-13-11-29(12-14-30)18-7-6-8-19(15-18)34-5/h6-8,15H,9-14H2,1-5H3. The van der Waals surface area contributed by atoms with E-state index in [1.807, 2.05) is 36.9 Å². The van der Waals surface area contributed by atoms with Gasteiger partial charge in [0.15, 0.2) is 0 Å². The lowest BCUT2D eigenvalue weighted by atomic mass is 9.99. The number of hydrogen-bond acceptors (Lipinski definition) is 6. The van der Waals surface area contributed by atoms with E-state index in [2.05, 4.69) is 16.0 Å². The highest BCUT2D eigenvalue weighted by Gasteiger charge is 2.23. The van der Waals surface area contributed by atoms with Crippen LogP contribution in [-0.4, -0.2) is 58.2 Å². The minimum atomic E-state index is -0.403. The van der Waals surface area contributed by atoms with Crippen LogP contribution in [0.4, 0.5) is 5.69 Å². The van der Waals surface area contributed by atoms with E-state index < -0.39 is 5.69 Å². The molecule has 9 nitrogen and oxygen atoms in total. The van der Waals surface area contributed by atoms with Crippen molar-refractivity contribution in [3.63, 3.8) is 0 Å². The van der Waals surface area contributed by atoms with E-state index in [9.17, 15) is 14.4 Å². The number of nitrogens with zero attached hydrogens (tertiary/aromatic N) is 5. The molecule has 1 aromatic carbocycles. The zero-order chi connectivity index (χ0) is 24.6. The normalized spacial score (nSPS) is 14.0. The van der Waals surface area contributed by atoms with Gasteiger partial charge in [-0.15, -0.1) is 0 Å². The second kappa shape index (κ2) is 9.32. The maximum absolute atomic E-state index is 13.0. The van der Waals surface area contributed by atoms with Gasteiger partial charge in [-0.05, 0) is 43.5 Å². The lowest BCUT2D eigenvalue weighted by Crippen LogP contribution is -2.48. The maximum Gasteiger partial charge on any atom is 0.332 e. The van der Waals surface area contributed by atoms with Crippen LogP contribution in [-0.2, 0) is 25.3 Å². The first kappa shape index (κ1) is 23.5. The Bertz CT molecular complexity index is 1370. The lowest BCUT2D eigenvalue weighted by molar-refractivity contribution is -0.131. The van der Waals surface area contributed by atoms with Crippen molar-refractivity contribution in [1.29, 1.82) is 0 Å². The van der Waals surface area contributed by atoms with Gasteiger partial charge in [0.1, 0.15) is 11.4 Å². The van der Waals surface area contributed by atoms with Crippen LogP contribution in [0.5, 0.6) is 5.75 Å². The first-order chi connectivity index (χ1) is 16.2. The van der Waals surface area contributed by atoms with Crippen molar-refractivity contribution in [2.24, 2.45) is 14.1 Å². The number of hydrogen-bond donors (Lipinski definition) is 0. The SMILES string of the molecule is COc1cccc(N2CCN(C(=O)CCc3c(C)nc4c(c3C)c(=O)n(C)c(=O)n4C)CC2)c1. The Morgan fingerprint density at radius 1 is 1.06 bits per heavy atom. The molecule has 2 aromatic heterocycles. The molecule has 180 valence electrons. The van der Waals surface area contributed by atoms with Crippen LogP contribution < -0.4 is 20.9 Å². The summed E-state index contributed by atoms with van der Waals surface area (Å²) in [5.74, 6) is 0.915. The lowest BCUT2D eigenvalue weighted by Gasteiger charge is -2.36. The molecule has 4 rings (SSSR count). The van der Waals surface area contributed by atoms with Crippen LogP contribution in [0.2, 0.25) is 0 Å². The Morgan fingerprint density at radius 2 is 1.76 bits per heavy atom. The van der Waals surface area contributed by atoms with E-state index >= 15 is 0 Å². The quantitative estimate of drug-likeness (QED) is 0.568. The van der Waals surface area contributed by atoms with Gasteiger partial charge in [-0.25, -0.2) is 9.78 Å². The highest BCUT2D eigenvalue weighted by molar-refractivity contribution is 5.81. The van der Waals surface area contributed by atoms with Crippen molar-refractivity contribution >= 4 is 22.6 Å². The van der Waals surface area contributed by atoms with Crippen molar-refractivity contribution in [2.75, 3.05) is 38.2 Å². The molecule has 1 saturated heterocycles. The predicted molar refractivity (Wildman–Crippen MR) is 132 cm³/mol. The fraction of sp³-hybridized carbons (Fsp3) is 0.440. The zero-order valence-electron chi connectivity index (χ0n) is 20.4. The molecule has 0 radical (unpaired) electrons. The van der Waals surface area contributed by atoms with Gasteiger partial charge in [-0.3, -0.25) is 18.7 Å². The molecule has 0 spiro atoms. The fourth-order valence-electron chi connectivity index (χ4n) is 4.72. The number of pyridine rings is 1. The highest BCUT2D eigenvalue weighted by Crippen LogP contribution is 2.23. The minimum absolute atomic E-state index is 0.0950. The smallest absolute Gasteiger partial charge is 0.332 e. The number of amides is 1. The van der Waals surface area contributed by atoms with Crippen LogP contribution in [0.25, 0.3) is 11.0 Å². The summed E-state index contributed by atoms with van der Waals surface area (Å²) in [6, 6.07) is 7.96. The summed E-state index contributed by atoms with van der Waals surface area (Å²) in [6.45, 7) is 6.58. The molecule has 1 aliphatic rings. The van der Waals surface area contributed by atoms with E-state index in [1.165, 1.54) is 11.6 Å². The number of fused-ring (bicyclic) bond motifs is 1. The Kier molecular flexibility index (Phi) is 6.45. The fourth-order valence-corrected chi connectivity index (χ4v) is 4.72. The van der Waals surface area contributed by atoms with Crippen molar-refractivity contribution < 1.29 is 9.53 Å². The van der Waals surface area contributed by atoms with Gasteiger partial charge >= 0.3 is 5.69 Å². The van der Waals surface area contributed by atoms with Crippen LogP contribution in [0, 0.1) is 13.8 Å². The van der Waals surface area contributed by atoms with Gasteiger partial charge in [-0.1, -0.05) is 6.07 Å². The van der Waals surface area contributed by atoms with Gasteiger partial charge in [0.05, 0.1) is 12.5 Å². The largest absolute Gasteiger partial charge is 0.497 e. The average molecular weight is 466 g/mol. The van der Waals surface area contributed by atoms with Crippen molar-refractivity contribution in [2.45, 2.75) is 26.7 Å². The number of aromatic nitrogens is 3. The Balaban J connectivity index is 1.47. The third-order valence-corrected chi connectivity index (χ3v) is 6.81. The Labute approximate surface area is 198 Å². The van der Waals surface area contributed by atoms with Gasteiger partial charge in [0.25, 0.3) is 5.56 Å². The summed E-state index contributed by atoms with van der Waals surface area (Å²) in [7, 11) is 4.74. The number of aryl methyl sites for hydroxylation is 3. The molecule has 34 heavy (non-hydrogen) atoms.